The van der Waals surface area contributed by atoms with Gasteiger partial charge in [-0.05, 0) is 42.7 Å². The summed E-state index contributed by atoms with van der Waals surface area (Å²) in [5, 5.41) is 3.74. The molecule has 0 spiro atoms. The van der Waals surface area contributed by atoms with Crippen molar-refractivity contribution in [3.05, 3.63) is 41.3 Å². The SMILES string of the molecule is C/C=C/C(=O)Nc1ccc2sc(C(=O)N(C)C)cc2c1. The Hall–Kier alpha value is -2.14. The van der Waals surface area contributed by atoms with Gasteiger partial charge < -0.3 is 10.2 Å². The number of hydrogen-bond acceptors (Lipinski definition) is 3. The number of amides is 2. The number of benzene rings is 1. The van der Waals surface area contributed by atoms with Crippen LogP contribution in [0.25, 0.3) is 10.1 Å². The number of allylic oxidation sites excluding steroid dienone is 1. The number of hydrogen-bond donors (Lipinski definition) is 1. The highest BCUT2D eigenvalue weighted by Gasteiger charge is 2.12. The number of nitrogens with zero attached hydrogens (tertiary/aromatic N) is 1. The minimum atomic E-state index is -0.160. The number of rotatable bonds is 3. The van der Waals surface area contributed by atoms with E-state index in [4.69, 9.17) is 0 Å². The summed E-state index contributed by atoms with van der Waals surface area (Å²) in [4.78, 5) is 25.7. The third-order valence-corrected chi connectivity index (χ3v) is 3.82. The molecule has 20 heavy (non-hydrogen) atoms. The van der Waals surface area contributed by atoms with Gasteiger partial charge in [0.15, 0.2) is 0 Å². The van der Waals surface area contributed by atoms with E-state index in [9.17, 15) is 9.59 Å². The Morgan fingerprint density at radius 1 is 1.25 bits per heavy atom. The van der Waals surface area contributed by atoms with Gasteiger partial charge in [0.05, 0.1) is 4.88 Å². The molecule has 0 radical (unpaired) electrons. The Labute approximate surface area is 121 Å². The van der Waals surface area contributed by atoms with Gasteiger partial charge in [0.25, 0.3) is 5.91 Å². The maximum atomic E-state index is 11.9. The fourth-order valence-electron chi connectivity index (χ4n) is 1.78. The van der Waals surface area contributed by atoms with E-state index in [0.29, 0.717) is 4.88 Å². The van der Waals surface area contributed by atoms with E-state index in [1.165, 1.54) is 17.4 Å². The fraction of sp³-hybridized carbons (Fsp3) is 0.200. The zero-order chi connectivity index (χ0) is 14.7. The summed E-state index contributed by atoms with van der Waals surface area (Å²) in [6, 6.07) is 7.48. The van der Waals surface area contributed by atoms with Crippen molar-refractivity contribution < 1.29 is 9.59 Å². The van der Waals surface area contributed by atoms with E-state index >= 15 is 0 Å². The average Bonchev–Trinajstić information content (AvgIpc) is 2.80. The fourth-order valence-corrected chi connectivity index (χ4v) is 2.85. The number of thiophene rings is 1. The van der Waals surface area contributed by atoms with Crippen molar-refractivity contribution in [1.29, 1.82) is 0 Å². The topological polar surface area (TPSA) is 49.4 Å². The molecule has 0 atom stereocenters. The minimum Gasteiger partial charge on any atom is -0.344 e. The Balaban J connectivity index is 2.30. The van der Waals surface area contributed by atoms with E-state index in [1.54, 1.807) is 32.0 Å². The van der Waals surface area contributed by atoms with Crippen LogP contribution in [0.4, 0.5) is 5.69 Å². The standard InChI is InChI=1S/C15H16N2O2S/c1-4-5-14(18)16-11-6-7-12-10(8-11)9-13(20-12)15(19)17(2)3/h4-9H,1-3H3,(H,16,18)/b5-4+. The number of anilines is 1. The van der Waals surface area contributed by atoms with Crippen LogP contribution in [-0.2, 0) is 4.79 Å². The van der Waals surface area contributed by atoms with E-state index < -0.39 is 0 Å². The minimum absolute atomic E-state index is 0.00861. The summed E-state index contributed by atoms with van der Waals surface area (Å²) in [6.45, 7) is 1.79. The first-order valence-corrected chi connectivity index (χ1v) is 7.02. The first-order valence-electron chi connectivity index (χ1n) is 6.20. The summed E-state index contributed by atoms with van der Waals surface area (Å²) >= 11 is 1.45. The second-order valence-corrected chi connectivity index (χ2v) is 5.64. The van der Waals surface area contributed by atoms with Gasteiger partial charge in [0.2, 0.25) is 5.91 Å². The van der Waals surface area contributed by atoms with Crippen LogP contribution in [0.5, 0.6) is 0 Å². The normalized spacial score (nSPS) is 10.9. The molecular formula is C15H16N2O2S. The van der Waals surface area contributed by atoms with Crippen molar-refractivity contribution >= 4 is 38.9 Å². The molecule has 1 N–H and O–H groups in total. The van der Waals surface area contributed by atoms with Crippen molar-refractivity contribution in [2.45, 2.75) is 6.92 Å². The highest BCUT2D eigenvalue weighted by Crippen LogP contribution is 2.28. The number of nitrogens with one attached hydrogen (secondary N) is 1. The van der Waals surface area contributed by atoms with Gasteiger partial charge in [0.1, 0.15) is 0 Å². The molecule has 0 saturated heterocycles. The van der Waals surface area contributed by atoms with Crippen molar-refractivity contribution in [1.82, 2.24) is 4.90 Å². The van der Waals surface area contributed by atoms with E-state index in [1.807, 2.05) is 24.3 Å². The maximum Gasteiger partial charge on any atom is 0.263 e. The van der Waals surface area contributed by atoms with Gasteiger partial charge >= 0.3 is 0 Å². The lowest BCUT2D eigenvalue weighted by atomic mass is 10.2. The first kappa shape index (κ1) is 14.3. The Morgan fingerprint density at radius 3 is 2.65 bits per heavy atom. The van der Waals surface area contributed by atoms with Gasteiger partial charge in [-0.15, -0.1) is 11.3 Å². The number of carbonyl (C=O) groups is 2. The molecule has 1 aromatic carbocycles. The van der Waals surface area contributed by atoms with Crippen molar-refractivity contribution in [3.63, 3.8) is 0 Å². The quantitative estimate of drug-likeness (QED) is 0.882. The molecule has 104 valence electrons. The van der Waals surface area contributed by atoms with Gasteiger partial charge in [0, 0.05) is 24.5 Å². The Morgan fingerprint density at radius 2 is 2.00 bits per heavy atom. The monoisotopic (exact) mass is 288 g/mol. The largest absolute Gasteiger partial charge is 0.344 e. The summed E-state index contributed by atoms with van der Waals surface area (Å²) < 4.78 is 1.03. The van der Waals surface area contributed by atoms with E-state index in [0.717, 1.165) is 15.8 Å². The van der Waals surface area contributed by atoms with Crippen LogP contribution in [0.3, 0.4) is 0 Å². The molecule has 0 aliphatic carbocycles. The first-order chi connectivity index (χ1) is 9.51. The van der Waals surface area contributed by atoms with Crippen LogP contribution in [0.2, 0.25) is 0 Å². The molecule has 0 aliphatic rings. The number of carbonyl (C=O) groups excluding carboxylic acids is 2. The average molecular weight is 288 g/mol. The molecule has 0 unspecified atom stereocenters. The smallest absolute Gasteiger partial charge is 0.263 e. The highest BCUT2D eigenvalue weighted by atomic mass is 32.1. The zero-order valence-corrected chi connectivity index (χ0v) is 12.5. The second-order valence-electron chi connectivity index (χ2n) is 4.55. The van der Waals surface area contributed by atoms with E-state index in [2.05, 4.69) is 5.32 Å². The van der Waals surface area contributed by atoms with Crippen molar-refractivity contribution in [2.24, 2.45) is 0 Å². The highest BCUT2D eigenvalue weighted by molar-refractivity contribution is 7.20. The summed E-state index contributed by atoms with van der Waals surface area (Å²) in [5.41, 5.74) is 0.724. The lowest BCUT2D eigenvalue weighted by Gasteiger charge is -2.06. The maximum absolute atomic E-state index is 11.9. The van der Waals surface area contributed by atoms with Crippen LogP contribution in [0, 0.1) is 0 Å². The van der Waals surface area contributed by atoms with Crippen LogP contribution < -0.4 is 5.32 Å². The van der Waals surface area contributed by atoms with Crippen LogP contribution >= 0.6 is 11.3 Å². The lowest BCUT2D eigenvalue weighted by molar-refractivity contribution is -0.111. The predicted octanol–water partition coefficient (Wildman–Crippen LogP) is 3.12. The Bertz CT molecular complexity index is 686. The summed E-state index contributed by atoms with van der Waals surface area (Å²) in [6.07, 6.45) is 3.16. The molecule has 5 heteroatoms. The van der Waals surface area contributed by atoms with Crippen LogP contribution in [0.1, 0.15) is 16.6 Å². The van der Waals surface area contributed by atoms with Crippen molar-refractivity contribution in [2.75, 3.05) is 19.4 Å². The molecular weight excluding hydrogens is 272 g/mol. The van der Waals surface area contributed by atoms with Gasteiger partial charge in [-0.3, -0.25) is 9.59 Å². The van der Waals surface area contributed by atoms with Gasteiger partial charge in [-0.2, -0.15) is 0 Å². The van der Waals surface area contributed by atoms with Crippen LogP contribution in [-0.4, -0.2) is 30.8 Å². The molecule has 2 amide bonds. The third kappa shape index (κ3) is 3.05. The molecule has 0 saturated carbocycles. The molecule has 0 aliphatic heterocycles. The molecule has 2 aromatic rings. The molecule has 0 bridgehead atoms. The van der Waals surface area contributed by atoms with Crippen molar-refractivity contribution in [3.8, 4) is 0 Å². The summed E-state index contributed by atoms with van der Waals surface area (Å²) in [5.74, 6) is -0.169. The molecule has 1 aromatic heterocycles. The summed E-state index contributed by atoms with van der Waals surface area (Å²) in [7, 11) is 3.46. The van der Waals surface area contributed by atoms with Crippen LogP contribution in [0.15, 0.2) is 36.4 Å². The zero-order valence-electron chi connectivity index (χ0n) is 11.6. The molecule has 2 rings (SSSR count). The Kier molecular flexibility index (Phi) is 4.20. The number of fused-ring (bicyclic) bond motifs is 1. The van der Waals surface area contributed by atoms with Gasteiger partial charge in [-0.25, -0.2) is 0 Å². The van der Waals surface area contributed by atoms with E-state index in [-0.39, 0.29) is 11.8 Å². The van der Waals surface area contributed by atoms with Gasteiger partial charge in [-0.1, -0.05) is 6.08 Å². The molecule has 0 fully saturated rings. The molecule has 4 nitrogen and oxygen atoms in total. The second kappa shape index (κ2) is 5.88. The lowest BCUT2D eigenvalue weighted by Crippen LogP contribution is -2.20. The predicted molar refractivity (Wildman–Crippen MR) is 83.3 cm³/mol. The third-order valence-electron chi connectivity index (χ3n) is 2.72. The molecule has 1 heterocycles.